The maximum absolute atomic E-state index is 12.8. The van der Waals surface area contributed by atoms with Gasteiger partial charge in [-0.25, -0.2) is 4.98 Å². The Morgan fingerprint density at radius 2 is 2.03 bits per heavy atom. The number of hydrogen-bond donors (Lipinski definition) is 1. The number of rotatable bonds is 9. The predicted molar refractivity (Wildman–Crippen MR) is 147 cm³/mol. The fraction of sp³-hybridized carbons (Fsp3) is 0.231. The first kappa shape index (κ1) is 25.1. The number of ether oxygens (including phenoxy) is 1. The van der Waals surface area contributed by atoms with Crippen molar-refractivity contribution in [3.05, 3.63) is 81.2 Å². The summed E-state index contributed by atoms with van der Waals surface area (Å²) < 4.78 is 5.68. The number of benzene rings is 2. The lowest BCUT2D eigenvalue weighted by Crippen LogP contribution is -2.29. The highest BCUT2D eigenvalue weighted by molar-refractivity contribution is 8.26. The van der Waals surface area contributed by atoms with Crippen LogP contribution in [-0.4, -0.2) is 39.7 Å². The van der Waals surface area contributed by atoms with E-state index in [2.05, 4.69) is 35.4 Å². The first-order valence-electron chi connectivity index (χ1n) is 11.1. The van der Waals surface area contributed by atoms with Crippen LogP contribution < -0.4 is 10.1 Å². The Hall–Kier alpha value is -3.01. The fourth-order valence-corrected chi connectivity index (χ4v) is 5.77. The van der Waals surface area contributed by atoms with Gasteiger partial charge in [-0.3, -0.25) is 14.5 Å². The summed E-state index contributed by atoms with van der Waals surface area (Å²) in [5.41, 5.74) is 3.34. The van der Waals surface area contributed by atoms with E-state index in [1.54, 1.807) is 18.2 Å². The van der Waals surface area contributed by atoms with Crippen molar-refractivity contribution in [3.8, 4) is 5.75 Å². The second-order valence-corrected chi connectivity index (χ2v) is 10.8. The van der Waals surface area contributed by atoms with Gasteiger partial charge in [0.2, 0.25) is 5.91 Å². The summed E-state index contributed by atoms with van der Waals surface area (Å²) >= 11 is 8.16. The molecule has 2 aromatic carbocycles. The van der Waals surface area contributed by atoms with E-state index in [9.17, 15) is 9.59 Å². The van der Waals surface area contributed by atoms with Crippen molar-refractivity contribution < 1.29 is 14.3 Å². The Labute approximate surface area is 218 Å². The zero-order valence-corrected chi connectivity index (χ0v) is 21.9. The maximum atomic E-state index is 12.8. The summed E-state index contributed by atoms with van der Waals surface area (Å²) in [5, 5.41) is 3.45. The molecule has 1 N–H and O–H groups in total. The SMILES string of the molecule is COc1ccc(C=C2SC(=S)N(CCCC(=O)Nc3ncc(Cc4cccc(C)c4)s3)C2=O)cc1. The van der Waals surface area contributed by atoms with Crippen molar-refractivity contribution in [2.24, 2.45) is 0 Å². The van der Waals surface area contributed by atoms with Gasteiger partial charge in [0.25, 0.3) is 5.91 Å². The number of thiocarbonyl (C=S) groups is 1. The van der Waals surface area contributed by atoms with Crippen molar-refractivity contribution in [2.75, 3.05) is 19.0 Å². The van der Waals surface area contributed by atoms with Crippen molar-refractivity contribution in [1.82, 2.24) is 9.88 Å². The first-order valence-corrected chi connectivity index (χ1v) is 13.1. The molecule has 0 atom stereocenters. The molecule has 0 radical (unpaired) electrons. The number of aromatic nitrogens is 1. The minimum atomic E-state index is -0.128. The molecule has 1 aliphatic heterocycles. The zero-order chi connectivity index (χ0) is 24.8. The van der Waals surface area contributed by atoms with Crippen LogP contribution in [0.1, 0.15) is 34.4 Å². The smallest absolute Gasteiger partial charge is 0.266 e. The Morgan fingerprint density at radius 3 is 2.77 bits per heavy atom. The third-order valence-electron chi connectivity index (χ3n) is 5.33. The molecule has 35 heavy (non-hydrogen) atoms. The maximum Gasteiger partial charge on any atom is 0.266 e. The van der Waals surface area contributed by atoms with Gasteiger partial charge < -0.3 is 10.1 Å². The number of nitrogens with one attached hydrogen (secondary N) is 1. The largest absolute Gasteiger partial charge is 0.497 e. The van der Waals surface area contributed by atoms with Crippen LogP contribution in [0.15, 0.2) is 59.6 Å². The van der Waals surface area contributed by atoms with E-state index < -0.39 is 0 Å². The van der Waals surface area contributed by atoms with Gasteiger partial charge in [0.15, 0.2) is 5.13 Å². The highest BCUT2D eigenvalue weighted by Crippen LogP contribution is 2.33. The Morgan fingerprint density at radius 1 is 1.23 bits per heavy atom. The van der Waals surface area contributed by atoms with Gasteiger partial charge in [-0.2, -0.15) is 0 Å². The second-order valence-electron chi connectivity index (χ2n) is 8.06. The van der Waals surface area contributed by atoms with Gasteiger partial charge in [-0.15, -0.1) is 11.3 Å². The van der Waals surface area contributed by atoms with Crippen LogP contribution in [0.4, 0.5) is 5.13 Å². The Bertz CT molecular complexity index is 1270. The van der Waals surface area contributed by atoms with Crippen molar-refractivity contribution >= 4 is 62.7 Å². The lowest BCUT2D eigenvalue weighted by atomic mass is 10.1. The minimum absolute atomic E-state index is 0.124. The van der Waals surface area contributed by atoms with E-state index in [1.165, 1.54) is 34.2 Å². The lowest BCUT2D eigenvalue weighted by molar-refractivity contribution is -0.122. The molecule has 6 nitrogen and oxygen atoms in total. The predicted octanol–water partition coefficient (Wildman–Crippen LogP) is 5.67. The summed E-state index contributed by atoms with van der Waals surface area (Å²) in [4.78, 5) is 32.8. The molecular weight excluding hydrogens is 499 g/mol. The van der Waals surface area contributed by atoms with Crippen LogP contribution in [0, 0.1) is 6.92 Å². The van der Waals surface area contributed by atoms with E-state index in [0.29, 0.717) is 27.3 Å². The van der Waals surface area contributed by atoms with Gasteiger partial charge in [-0.05, 0) is 42.7 Å². The first-order chi connectivity index (χ1) is 16.9. The Kier molecular flexibility index (Phi) is 8.33. The number of carbonyl (C=O) groups is 2. The molecule has 1 aromatic heterocycles. The van der Waals surface area contributed by atoms with E-state index in [4.69, 9.17) is 17.0 Å². The van der Waals surface area contributed by atoms with E-state index in [0.717, 1.165) is 22.6 Å². The second kappa shape index (κ2) is 11.6. The van der Waals surface area contributed by atoms with Gasteiger partial charge in [0.1, 0.15) is 10.1 Å². The highest BCUT2D eigenvalue weighted by atomic mass is 32.2. The molecule has 0 unspecified atom stereocenters. The molecule has 0 saturated carbocycles. The van der Waals surface area contributed by atoms with Gasteiger partial charge >= 0.3 is 0 Å². The molecule has 1 fully saturated rings. The van der Waals surface area contributed by atoms with E-state index in [1.807, 2.05) is 36.4 Å². The number of thiazole rings is 1. The zero-order valence-electron chi connectivity index (χ0n) is 19.4. The number of nitrogens with zero attached hydrogens (tertiary/aromatic N) is 2. The van der Waals surface area contributed by atoms with Crippen LogP contribution in [0.5, 0.6) is 5.75 Å². The summed E-state index contributed by atoms with van der Waals surface area (Å²) in [6.45, 7) is 2.47. The molecule has 4 rings (SSSR count). The average molecular weight is 524 g/mol. The molecule has 3 aromatic rings. The molecule has 0 bridgehead atoms. The normalized spacial score (nSPS) is 14.6. The van der Waals surface area contributed by atoms with Crippen LogP contribution in [0.3, 0.4) is 0 Å². The van der Waals surface area contributed by atoms with E-state index >= 15 is 0 Å². The van der Waals surface area contributed by atoms with Crippen LogP contribution in [0.25, 0.3) is 6.08 Å². The number of thioether (sulfide) groups is 1. The van der Waals surface area contributed by atoms with Crippen molar-refractivity contribution in [3.63, 3.8) is 0 Å². The van der Waals surface area contributed by atoms with Gasteiger partial charge in [0, 0.05) is 30.5 Å². The highest BCUT2D eigenvalue weighted by Gasteiger charge is 2.31. The third kappa shape index (κ3) is 6.78. The van der Waals surface area contributed by atoms with Gasteiger partial charge in [-0.1, -0.05) is 65.9 Å². The monoisotopic (exact) mass is 523 g/mol. The summed E-state index contributed by atoms with van der Waals surface area (Å²) in [6.07, 6.45) is 5.20. The number of hydrogen-bond acceptors (Lipinski definition) is 7. The molecule has 1 saturated heterocycles. The fourth-order valence-electron chi connectivity index (χ4n) is 3.59. The molecule has 1 aliphatic rings. The molecule has 180 valence electrons. The third-order valence-corrected chi connectivity index (χ3v) is 7.62. The number of aryl methyl sites for hydroxylation is 1. The summed E-state index contributed by atoms with van der Waals surface area (Å²) in [5.74, 6) is 0.505. The number of anilines is 1. The topological polar surface area (TPSA) is 71.5 Å². The molecule has 0 aliphatic carbocycles. The molecule has 9 heteroatoms. The molecular formula is C26H25N3O3S3. The van der Waals surface area contributed by atoms with Gasteiger partial charge in [0.05, 0.1) is 12.0 Å². The lowest BCUT2D eigenvalue weighted by Gasteiger charge is -2.13. The standard InChI is InChI=1S/C26H25N3O3S3/c1-17-5-3-6-19(13-17)14-21-16-27-25(34-21)28-23(30)7-4-12-29-24(31)22(35-26(29)33)15-18-8-10-20(32-2)11-9-18/h3,5-6,8-11,13,15-16H,4,7,12,14H2,1-2H3,(H,27,28,30). The molecule has 2 heterocycles. The van der Waals surface area contributed by atoms with Crippen molar-refractivity contribution in [1.29, 1.82) is 0 Å². The summed E-state index contributed by atoms with van der Waals surface area (Å²) in [7, 11) is 1.61. The quantitative estimate of drug-likeness (QED) is 0.288. The molecule has 2 amide bonds. The van der Waals surface area contributed by atoms with Crippen LogP contribution in [-0.2, 0) is 16.0 Å². The minimum Gasteiger partial charge on any atom is -0.497 e. The van der Waals surface area contributed by atoms with Crippen LogP contribution in [0.2, 0.25) is 0 Å². The number of carbonyl (C=O) groups excluding carboxylic acids is 2. The van der Waals surface area contributed by atoms with Crippen LogP contribution >= 0.6 is 35.3 Å². The number of methoxy groups -OCH3 is 1. The van der Waals surface area contributed by atoms with Crippen molar-refractivity contribution in [2.45, 2.75) is 26.2 Å². The molecule has 0 spiro atoms. The number of amides is 2. The van der Waals surface area contributed by atoms with E-state index in [-0.39, 0.29) is 18.2 Å². The Balaban J connectivity index is 1.25. The summed E-state index contributed by atoms with van der Waals surface area (Å²) in [6, 6.07) is 15.8. The average Bonchev–Trinajstić information content (AvgIpc) is 3.38.